The predicted molar refractivity (Wildman–Crippen MR) is 178 cm³/mol. The van der Waals surface area contributed by atoms with E-state index in [1.165, 1.54) is 16.2 Å². The van der Waals surface area contributed by atoms with Gasteiger partial charge in [0.1, 0.15) is 17.9 Å². The highest BCUT2D eigenvalue weighted by molar-refractivity contribution is 7.22. The molecule has 46 heavy (non-hydrogen) atoms. The topological polar surface area (TPSA) is 106 Å². The Kier molecular flexibility index (Phi) is 7.67. The van der Waals surface area contributed by atoms with Gasteiger partial charge in [-0.2, -0.15) is 0 Å². The summed E-state index contributed by atoms with van der Waals surface area (Å²) in [5, 5.41) is 12.7. The summed E-state index contributed by atoms with van der Waals surface area (Å²) in [6, 6.07) is 24.7. The molecule has 0 bridgehead atoms. The number of aromatic nitrogens is 3. The average Bonchev–Trinajstić information content (AvgIpc) is 3.71. The first-order valence-electron chi connectivity index (χ1n) is 14.6. The molecule has 0 saturated carbocycles. The molecule has 3 aromatic carbocycles. The molecule has 0 radical (unpaired) electrons. The molecule has 230 valence electrons. The lowest BCUT2D eigenvalue weighted by molar-refractivity contribution is -0.132. The largest absolute Gasteiger partial charge is 0.505 e. The highest BCUT2D eigenvalue weighted by Crippen LogP contribution is 2.46. The van der Waals surface area contributed by atoms with Gasteiger partial charge < -0.3 is 14.6 Å². The average molecular weight is 651 g/mol. The molecule has 1 unspecified atom stereocenters. The van der Waals surface area contributed by atoms with Gasteiger partial charge in [0.15, 0.2) is 22.4 Å². The number of imidazole rings is 1. The van der Waals surface area contributed by atoms with Crippen LogP contribution in [-0.2, 0) is 16.2 Å². The van der Waals surface area contributed by atoms with Crippen molar-refractivity contribution in [2.45, 2.75) is 26.5 Å². The molecular formula is C35H27ClN4O5S. The molecule has 0 spiro atoms. The molecule has 4 heterocycles. The van der Waals surface area contributed by atoms with Crippen LogP contribution in [0.1, 0.15) is 35.5 Å². The van der Waals surface area contributed by atoms with Crippen LogP contribution in [0.5, 0.6) is 11.5 Å². The van der Waals surface area contributed by atoms with Crippen molar-refractivity contribution in [2.75, 3.05) is 11.5 Å². The number of hydrogen-bond acceptors (Lipinski definition) is 8. The first-order valence-corrected chi connectivity index (χ1v) is 15.8. The number of aliphatic hydroxyl groups is 1. The summed E-state index contributed by atoms with van der Waals surface area (Å²) < 4.78 is 14.6. The molecule has 1 aliphatic heterocycles. The lowest BCUT2D eigenvalue weighted by atomic mass is 9.96. The Morgan fingerprint density at radius 1 is 0.957 bits per heavy atom. The lowest BCUT2D eigenvalue weighted by Gasteiger charge is -2.24. The second-order valence-electron chi connectivity index (χ2n) is 10.7. The monoisotopic (exact) mass is 650 g/mol. The Bertz CT molecular complexity index is 2170. The van der Waals surface area contributed by atoms with Crippen molar-refractivity contribution in [1.29, 1.82) is 0 Å². The van der Waals surface area contributed by atoms with Gasteiger partial charge in [-0.15, -0.1) is 0 Å². The number of halogens is 1. The molecule has 1 saturated heterocycles. The molecule has 9 nitrogen and oxygen atoms in total. The van der Waals surface area contributed by atoms with Crippen LogP contribution in [0.15, 0.2) is 96.7 Å². The maximum Gasteiger partial charge on any atom is 0.301 e. The summed E-state index contributed by atoms with van der Waals surface area (Å²) in [5.41, 5.74) is 3.47. The number of carbonyl (C=O) groups is 2. The van der Waals surface area contributed by atoms with Crippen molar-refractivity contribution < 1.29 is 24.2 Å². The number of nitrogens with zero attached hydrogens (tertiary/aromatic N) is 4. The number of fused-ring (bicyclic) bond motifs is 2. The summed E-state index contributed by atoms with van der Waals surface area (Å²) in [7, 11) is 0. The molecule has 1 atom stereocenters. The second kappa shape index (κ2) is 12.0. The van der Waals surface area contributed by atoms with Crippen LogP contribution in [0.3, 0.4) is 0 Å². The number of pyridine rings is 1. The fourth-order valence-electron chi connectivity index (χ4n) is 5.68. The zero-order valence-corrected chi connectivity index (χ0v) is 26.4. The quantitative estimate of drug-likeness (QED) is 0.103. The maximum atomic E-state index is 13.9. The van der Waals surface area contributed by atoms with Gasteiger partial charge in [0.05, 0.1) is 34.1 Å². The minimum absolute atomic E-state index is 0.0866. The van der Waals surface area contributed by atoms with E-state index in [9.17, 15) is 14.7 Å². The SMILES string of the molecule is CCOc1cc(C2/C(=C(\O)c3c(C)nc4ccccn34)C(=O)C(=O)N2c2nc3ccc(Cl)cc3s2)ccc1OCc1ccccc1. The smallest absolute Gasteiger partial charge is 0.301 e. The van der Waals surface area contributed by atoms with Crippen molar-refractivity contribution in [2.24, 2.45) is 0 Å². The van der Waals surface area contributed by atoms with E-state index in [1.54, 1.807) is 66.1 Å². The molecule has 3 aromatic heterocycles. The van der Waals surface area contributed by atoms with Crippen LogP contribution in [0.25, 0.3) is 21.6 Å². The molecule has 11 heteroatoms. The Morgan fingerprint density at radius 3 is 2.57 bits per heavy atom. The van der Waals surface area contributed by atoms with Crippen molar-refractivity contribution in [3.8, 4) is 11.5 Å². The van der Waals surface area contributed by atoms with Gasteiger partial charge in [0.25, 0.3) is 5.78 Å². The Labute approximate surface area is 272 Å². The Hall–Kier alpha value is -5.19. The second-order valence-corrected chi connectivity index (χ2v) is 12.1. The third kappa shape index (κ3) is 5.15. The van der Waals surface area contributed by atoms with Crippen LogP contribution in [-0.4, -0.2) is 37.8 Å². The van der Waals surface area contributed by atoms with E-state index >= 15 is 0 Å². The number of ketones is 1. The van der Waals surface area contributed by atoms with Gasteiger partial charge in [-0.25, -0.2) is 9.97 Å². The molecule has 0 aliphatic carbocycles. The summed E-state index contributed by atoms with van der Waals surface area (Å²) in [6.45, 7) is 4.28. The number of amides is 1. The number of ether oxygens (including phenoxy) is 2. The van der Waals surface area contributed by atoms with Gasteiger partial charge in [0, 0.05) is 11.2 Å². The fraction of sp³-hybridized carbons (Fsp3) is 0.143. The van der Waals surface area contributed by atoms with Gasteiger partial charge in [-0.3, -0.25) is 18.9 Å². The van der Waals surface area contributed by atoms with Crippen molar-refractivity contribution in [3.63, 3.8) is 0 Å². The van der Waals surface area contributed by atoms with Crippen molar-refractivity contribution >= 4 is 61.4 Å². The van der Waals surface area contributed by atoms with E-state index < -0.39 is 17.7 Å². The minimum Gasteiger partial charge on any atom is -0.505 e. The molecule has 1 N–H and O–H groups in total. The molecule has 1 aliphatic rings. The van der Waals surface area contributed by atoms with Gasteiger partial charge in [0.2, 0.25) is 0 Å². The van der Waals surface area contributed by atoms with Gasteiger partial charge >= 0.3 is 5.91 Å². The third-order valence-corrected chi connectivity index (χ3v) is 8.99. The third-order valence-electron chi connectivity index (χ3n) is 7.74. The Balaban J connectivity index is 1.40. The number of aryl methyl sites for hydroxylation is 1. The number of anilines is 1. The van der Waals surface area contributed by atoms with Crippen LogP contribution in [0, 0.1) is 6.92 Å². The highest BCUT2D eigenvalue weighted by Gasteiger charge is 2.49. The molecular weight excluding hydrogens is 624 g/mol. The van der Waals surface area contributed by atoms with E-state index in [1.807, 2.05) is 43.3 Å². The van der Waals surface area contributed by atoms with E-state index in [2.05, 4.69) is 4.98 Å². The normalized spacial score (nSPS) is 16.1. The first-order chi connectivity index (χ1) is 22.3. The molecule has 1 fully saturated rings. The van der Waals surface area contributed by atoms with Crippen LogP contribution in [0.2, 0.25) is 5.02 Å². The first kappa shape index (κ1) is 29.5. The lowest BCUT2D eigenvalue weighted by Crippen LogP contribution is -2.29. The fourth-order valence-corrected chi connectivity index (χ4v) is 6.95. The zero-order chi connectivity index (χ0) is 31.9. The maximum absolute atomic E-state index is 13.9. The van der Waals surface area contributed by atoms with Crippen molar-refractivity contribution in [3.05, 3.63) is 124 Å². The van der Waals surface area contributed by atoms with E-state index in [0.29, 0.717) is 63.0 Å². The highest BCUT2D eigenvalue weighted by atomic mass is 35.5. The number of hydrogen-bond donors (Lipinski definition) is 1. The van der Waals surface area contributed by atoms with E-state index in [4.69, 9.17) is 26.1 Å². The number of Topliss-reactive ketones (excluding diaryl/α,β-unsaturated/α-hetero) is 1. The summed E-state index contributed by atoms with van der Waals surface area (Å²) >= 11 is 7.48. The number of aliphatic hydroxyl groups excluding tert-OH is 1. The van der Waals surface area contributed by atoms with E-state index in [-0.39, 0.29) is 11.3 Å². The number of thiazole rings is 1. The number of rotatable bonds is 8. The summed E-state index contributed by atoms with van der Waals surface area (Å²) in [5.74, 6) is -1.06. The van der Waals surface area contributed by atoms with Gasteiger partial charge in [-0.1, -0.05) is 65.4 Å². The molecule has 6 aromatic rings. The van der Waals surface area contributed by atoms with Gasteiger partial charge in [-0.05, 0) is 67.4 Å². The number of benzene rings is 3. The number of carbonyl (C=O) groups excluding carboxylic acids is 2. The molecule has 1 amide bonds. The van der Waals surface area contributed by atoms with Crippen molar-refractivity contribution in [1.82, 2.24) is 14.4 Å². The zero-order valence-electron chi connectivity index (χ0n) is 24.8. The van der Waals surface area contributed by atoms with Crippen LogP contribution in [0.4, 0.5) is 5.13 Å². The summed E-state index contributed by atoms with van der Waals surface area (Å²) in [6.07, 6.45) is 1.75. The standard InChI is InChI=1S/C35H27ClN4O5S/c1-3-44-26-17-22(12-15-25(26)45-19-21-9-5-4-6-10-21)31-29(32(41)30-20(2)37-28-11-7-8-16-39(28)30)33(42)34(43)40(31)35-38-24-14-13-23(36)18-27(24)46-35/h4-18,31,41H,3,19H2,1-2H3/b32-29+. The van der Waals surface area contributed by atoms with Crippen LogP contribution < -0.4 is 14.4 Å². The van der Waals surface area contributed by atoms with Crippen LogP contribution >= 0.6 is 22.9 Å². The summed E-state index contributed by atoms with van der Waals surface area (Å²) in [4.78, 5) is 38.4. The molecule has 7 rings (SSSR count). The predicted octanol–water partition coefficient (Wildman–Crippen LogP) is 7.51. The Morgan fingerprint density at radius 2 is 1.76 bits per heavy atom. The minimum atomic E-state index is -1.04. The van der Waals surface area contributed by atoms with E-state index in [0.717, 1.165) is 10.3 Å².